The molecule has 0 N–H and O–H groups in total. The third kappa shape index (κ3) is 5.26. The minimum Gasteiger partial charge on any atom is -0.464 e. The van der Waals surface area contributed by atoms with Crippen molar-refractivity contribution in [2.75, 3.05) is 12.0 Å². The lowest BCUT2D eigenvalue weighted by molar-refractivity contribution is -0.187. The van der Waals surface area contributed by atoms with Crippen LogP contribution in [0.4, 0.5) is 19.1 Å². The molecule has 39 heavy (non-hydrogen) atoms. The van der Waals surface area contributed by atoms with Gasteiger partial charge in [-0.05, 0) is 64.4 Å². The number of rotatable bonds is 7. The lowest BCUT2D eigenvalue weighted by Gasteiger charge is -2.39. The van der Waals surface area contributed by atoms with Crippen LogP contribution in [0, 0.1) is 12.8 Å². The zero-order valence-electron chi connectivity index (χ0n) is 22.4. The van der Waals surface area contributed by atoms with Crippen LogP contribution in [-0.2, 0) is 16.1 Å². The Morgan fingerprint density at radius 2 is 1.79 bits per heavy atom. The largest absolute Gasteiger partial charge is 0.464 e. The van der Waals surface area contributed by atoms with Crippen molar-refractivity contribution in [3.63, 3.8) is 0 Å². The summed E-state index contributed by atoms with van der Waals surface area (Å²) in [5.74, 6) is -1.05. The van der Waals surface area contributed by atoms with Crippen LogP contribution in [0.25, 0.3) is 0 Å². The highest BCUT2D eigenvalue weighted by molar-refractivity contribution is 5.87. The smallest absolute Gasteiger partial charge is 0.392 e. The quantitative estimate of drug-likeness (QED) is 0.390. The average Bonchev–Trinajstić information content (AvgIpc) is 3.61. The summed E-state index contributed by atoms with van der Waals surface area (Å²) in [5, 5.41) is 4.24. The second-order valence-electron chi connectivity index (χ2n) is 11.6. The molecule has 6 rings (SSSR count). The van der Waals surface area contributed by atoms with E-state index in [4.69, 9.17) is 14.0 Å². The molecule has 2 saturated heterocycles. The number of anilines is 1. The molecule has 2 bridgehead atoms. The third-order valence-corrected chi connectivity index (χ3v) is 8.96. The minimum absolute atomic E-state index is 0.0387. The highest BCUT2D eigenvalue weighted by Crippen LogP contribution is 2.50. The van der Waals surface area contributed by atoms with Gasteiger partial charge in [0.1, 0.15) is 5.76 Å². The van der Waals surface area contributed by atoms with Gasteiger partial charge in [-0.25, -0.2) is 14.8 Å². The van der Waals surface area contributed by atoms with Crippen LogP contribution < -0.4 is 4.90 Å². The summed E-state index contributed by atoms with van der Waals surface area (Å²) in [5.41, 5.74) is 2.15. The van der Waals surface area contributed by atoms with E-state index in [0.29, 0.717) is 30.2 Å². The molecule has 0 radical (unpaired) electrons. The van der Waals surface area contributed by atoms with Crippen LogP contribution >= 0.6 is 0 Å². The van der Waals surface area contributed by atoms with E-state index in [1.165, 1.54) is 7.11 Å². The Morgan fingerprint density at radius 1 is 1.08 bits per heavy atom. The Labute approximate surface area is 225 Å². The normalized spacial score (nSPS) is 29.1. The standard InChI is InChI=1S/C28H35F3N4O4/c1-15-11-23(26(36)37-2)33-27(32-15)35-17-9-10-18(35)13-19(12-17)38-14-21-24(34-39-25(21)16-7-8-16)20-5-3-4-6-22(20)28(29,30)31/h11,16-20,22H,3-10,12-14H2,1-2H3/t17-,18?,19?,20?,22?/m0/s1. The molecular formula is C28H35F3N4O4. The van der Waals surface area contributed by atoms with Crippen molar-refractivity contribution in [1.29, 1.82) is 0 Å². The molecule has 212 valence electrons. The topological polar surface area (TPSA) is 90.6 Å². The van der Waals surface area contributed by atoms with Gasteiger partial charge >= 0.3 is 12.1 Å². The van der Waals surface area contributed by atoms with E-state index in [-0.39, 0.29) is 42.8 Å². The molecule has 0 aromatic carbocycles. The van der Waals surface area contributed by atoms with Gasteiger partial charge in [-0.2, -0.15) is 13.2 Å². The molecule has 4 heterocycles. The summed E-state index contributed by atoms with van der Waals surface area (Å²) in [6.07, 6.45) is 3.08. The zero-order valence-corrected chi connectivity index (χ0v) is 22.4. The number of methoxy groups -OCH3 is 1. The Hall–Kier alpha value is -2.69. The third-order valence-electron chi connectivity index (χ3n) is 8.96. The minimum atomic E-state index is -4.25. The number of carbonyl (C=O) groups excluding carboxylic acids is 1. The van der Waals surface area contributed by atoms with Crippen LogP contribution in [-0.4, -0.2) is 52.6 Å². The fourth-order valence-electron chi connectivity index (χ4n) is 6.96. The second-order valence-corrected chi connectivity index (χ2v) is 11.6. The maximum absolute atomic E-state index is 13.9. The Balaban J connectivity index is 1.18. The zero-order chi connectivity index (χ0) is 27.3. The number of hydrogen-bond acceptors (Lipinski definition) is 8. The van der Waals surface area contributed by atoms with E-state index in [1.54, 1.807) is 6.07 Å². The van der Waals surface area contributed by atoms with E-state index in [0.717, 1.165) is 56.3 Å². The van der Waals surface area contributed by atoms with Gasteiger partial charge in [-0.3, -0.25) is 0 Å². The lowest BCUT2D eigenvalue weighted by atomic mass is 9.76. The van der Waals surface area contributed by atoms with Crippen molar-refractivity contribution in [1.82, 2.24) is 15.1 Å². The lowest BCUT2D eigenvalue weighted by Crippen LogP contribution is -2.46. The fourth-order valence-corrected chi connectivity index (χ4v) is 6.96. The van der Waals surface area contributed by atoms with Crippen molar-refractivity contribution >= 4 is 11.9 Å². The Morgan fingerprint density at radius 3 is 2.46 bits per heavy atom. The number of esters is 1. The first-order chi connectivity index (χ1) is 18.7. The molecule has 4 fully saturated rings. The van der Waals surface area contributed by atoms with Crippen molar-refractivity contribution in [3.05, 3.63) is 34.5 Å². The van der Waals surface area contributed by atoms with Crippen molar-refractivity contribution in [2.24, 2.45) is 5.92 Å². The predicted octanol–water partition coefficient (Wildman–Crippen LogP) is 5.99. The number of aryl methyl sites for hydroxylation is 1. The highest BCUT2D eigenvalue weighted by atomic mass is 19.4. The first-order valence-corrected chi connectivity index (χ1v) is 14.1. The monoisotopic (exact) mass is 548 g/mol. The van der Waals surface area contributed by atoms with E-state index >= 15 is 0 Å². The van der Waals surface area contributed by atoms with Crippen LogP contribution in [0.1, 0.15) is 109 Å². The van der Waals surface area contributed by atoms with Gasteiger partial charge < -0.3 is 18.9 Å². The van der Waals surface area contributed by atoms with Crippen molar-refractivity contribution in [3.8, 4) is 0 Å². The van der Waals surface area contributed by atoms with Gasteiger partial charge in [0.15, 0.2) is 5.69 Å². The number of alkyl halides is 3. The van der Waals surface area contributed by atoms with Crippen molar-refractivity contribution < 1.29 is 32.0 Å². The summed E-state index contributed by atoms with van der Waals surface area (Å²) in [7, 11) is 1.33. The number of ether oxygens (including phenoxy) is 2. The van der Waals surface area contributed by atoms with Crippen molar-refractivity contribution in [2.45, 2.75) is 114 Å². The van der Waals surface area contributed by atoms with E-state index in [9.17, 15) is 18.0 Å². The number of aromatic nitrogens is 3. The van der Waals surface area contributed by atoms with Gasteiger partial charge in [0, 0.05) is 35.2 Å². The van der Waals surface area contributed by atoms with Gasteiger partial charge in [-0.1, -0.05) is 18.0 Å². The maximum atomic E-state index is 13.9. The molecule has 4 unspecified atom stereocenters. The SMILES string of the molecule is COC(=O)c1cc(C)nc(N2C3CC[C@H]2CC(OCc2c(C4CCCCC4C(F)(F)F)noc2C2CC2)C3)n1. The number of fused-ring (bicyclic) bond motifs is 2. The highest BCUT2D eigenvalue weighted by Gasteiger charge is 2.49. The molecule has 2 aromatic heterocycles. The first kappa shape index (κ1) is 26.5. The van der Waals surface area contributed by atoms with Crippen LogP contribution in [0.15, 0.2) is 10.6 Å². The van der Waals surface area contributed by atoms with Gasteiger partial charge in [0.25, 0.3) is 0 Å². The number of carbonyl (C=O) groups is 1. The molecular weight excluding hydrogens is 513 g/mol. The summed E-state index contributed by atoms with van der Waals surface area (Å²) >= 11 is 0. The van der Waals surface area contributed by atoms with Gasteiger partial charge in [-0.15, -0.1) is 0 Å². The molecule has 0 spiro atoms. The van der Waals surface area contributed by atoms with Crippen LogP contribution in [0.5, 0.6) is 0 Å². The molecule has 4 aliphatic rings. The number of piperidine rings is 1. The molecule has 5 atom stereocenters. The Bertz CT molecular complexity index is 1200. The van der Waals surface area contributed by atoms with Crippen LogP contribution in [0.3, 0.4) is 0 Å². The average molecular weight is 549 g/mol. The van der Waals surface area contributed by atoms with E-state index in [1.807, 2.05) is 6.92 Å². The summed E-state index contributed by atoms with van der Waals surface area (Å²) in [6, 6.07) is 1.95. The van der Waals surface area contributed by atoms with Crippen LogP contribution in [0.2, 0.25) is 0 Å². The molecule has 11 heteroatoms. The van der Waals surface area contributed by atoms with E-state index < -0.39 is 24.0 Å². The predicted molar refractivity (Wildman–Crippen MR) is 134 cm³/mol. The molecule has 2 aliphatic heterocycles. The number of hydrogen-bond donors (Lipinski definition) is 0. The molecule has 2 saturated carbocycles. The number of halogens is 3. The fraction of sp³-hybridized carbons (Fsp3) is 0.714. The molecule has 2 aliphatic carbocycles. The van der Waals surface area contributed by atoms with E-state index in [2.05, 4.69) is 20.0 Å². The van der Waals surface area contributed by atoms with Gasteiger partial charge in [0.05, 0.1) is 31.4 Å². The first-order valence-electron chi connectivity index (χ1n) is 14.1. The van der Waals surface area contributed by atoms with Gasteiger partial charge in [0.2, 0.25) is 5.95 Å². The summed E-state index contributed by atoms with van der Waals surface area (Å²) in [4.78, 5) is 23.4. The Kier molecular flexibility index (Phi) is 7.05. The number of nitrogens with zero attached hydrogens (tertiary/aromatic N) is 4. The summed E-state index contributed by atoms with van der Waals surface area (Å²) < 4.78 is 58.7. The second kappa shape index (κ2) is 10.4. The molecule has 8 nitrogen and oxygen atoms in total. The summed E-state index contributed by atoms with van der Waals surface area (Å²) in [6.45, 7) is 2.06. The molecule has 2 aromatic rings. The molecule has 0 amide bonds. The maximum Gasteiger partial charge on any atom is 0.392 e.